The monoisotopic (exact) mass is 815 g/mol. The van der Waals surface area contributed by atoms with Crippen LogP contribution in [0.3, 0.4) is 0 Å². The number of nitrogens with one attached hydrogen (secondary N) is 1. The molecule has 0 saturated heterocycles. The van der Waals surface area contributed by atoms with Crippen molar-refractivity contribution in [2.24, 2.45) is 16.5 Å². The molecule has 57 heavy (non-hydrogen) atoms. The molecule has 6 aromatic rings. The number of carbonyl (C=O) groups excluding carboxylic acids is 4. The van der Waals surface area contributed by atoms with E-state index in [4.69, 9.17) is 25.4 Å². The number of imidazole rings is 1. The van der Waals surface area contributed by atoms with Gasteiger partial charge in [0.1, 0.15) is 27.4 Å². The molecule has 0 aliphatic rings. The van der Waals surface area contributed by atoms with Gasteiger partial charge in [-0.3, -0.25) is 24.5 Å². The van der Waals surface area contributed by atoms with Crippen LogP contribution in [-0.2, 0) is 25.9 Å². The lowest BCUT2D eigenvalue weighted by molar-refractivity contribution is 0.0987. The molecule has 0 unspecified atom stereocenters. The summed E-state index contributed by atoms with van der Waals surface area (Å²) in [6.07, 6.45) is 4.99. The van der Waals surface area contributed by atoms with Gasteiger partial charge < -0.3 is 39.6 Å². The number of benzene rings is 2. The van der Waals surface area contributed by atoms with Crippen LogP contribution < -0.4 is 31.1 Å². The Balaban J connectivity index is 1.44. The minimum absolute atomic E-state index is 0.0425. The first-order valence-corrected chi connectivity index (χ1v) is 19.6. The third-order valence-corrected chi connectivity index (χ3v) is 10.8. The summed E-state index contributed by atoms with van der Waals surface area (Å²) in [4.78, 5) is 70.5. The van der Waals surface area contributed by atoms with Gasteiger partial charge in [-0.15, -0.1) is 11.3 Å². The summed E-state index contributed by atoms with van der Waals surface area (Å²) in [5.74, 6) is -1.25. The Morgan fingerprint density at radius 2 is 1.60 bits per heavy atom. The zero-order valence-electron chi connectivity index (χ0n) is 31.9. The van der Waals surface area contributed by atoms with E-state index in [2.05, 4.69) is 25.3 Å². The highest BCUT2D eigenvalue weighted by atomic mass is 32.1. The van der Waals surface area contributed by atoms with Crippen LogP contribution in [0, 0.1) is 13.8 Å². The smallest absolute Gasteiger partial charge is 0.295 e. The van der Waals surface area contributed by atoms with Gasteiger partial charge in [-0.1, -0.05) is 37.3 Å². The predicted octanol–water partition coefficient (Wildman–Crippen LogP) is 4.46. The fraction of sp³-hybridized carbons (Fsp3) is 0.316. The van der Waals surface area contributed by atoms with Crippen molar-refractivity contribution in [3.05, 3.63) is 85.3 Å². The summed E-state index contributed by atoms with van der Waals surface area (Å²) in [7, 11) is 1.47. The zero-order valence-corrected chi connectivity index (χ0v) is 33.5. The molecule has 6 N–H and O–H groups in total. The van der Waals surface area contributed by atoms with Crippen LogP contribution in [0.4, 0.5) is 5.95 Å². The van der Waals surface area contributed by atoms with Gasteiger partial charge in [0.05, 0.1) is 40.3 Å². The van der Waals surface area contributed by atoms with E-state index in [1.807, 2.05) is 32.9 Å². The molecule has 6 rings (SSSR count). The molecular formula is C38H41N9O8S2. The summed E-state index contributed by atoms with van der Waals surface area (Å²) in [5.41, 5.74) is 14.1. The van der Waals surface area contributed by atoms with Crippen molar-refractivity contribution in [1.82, 2.24) is 24.1 Å². The van der Waals surface area contributed by atoms with E-state index >= 15 is 0 Å². The molecular weight excluding hydrogens is 775 g/mol. The third kappa shape index (κ3) is 8.49. The molecule has 0 radical (unpaired) electrons. The first-order valence-electron chi connectivity index (χ1n) is 17.9. The van der Waals surface area contributed by atoms with Crippen LogP contribution >= 0.6 is 22.7 Å². The van der Waals surface area contributed by atoms with E-state index in [0.717, 1.165) is 5.01 Å². The molecule has 0 atom stereocenters. The van der Waals surface area contributed by atoms with Gasteiger partial charge in [0.15, 0.2) is 10.7 Å². The van der Waals surface area contributed by atoms with Gasteiger partial charge in [0.2, 0.25) is 23.5 Å². The summed E-state index contributed by atoms with van der Waals surface area (Å²) in [6, 6.07) is 6.16. The Morgan fingerprint density at radius 1 is 0.912 bits per heavy atom. The highest BCUT2D eigenvalue weighted by molar-refractivity contribution is 7.16. The minimum Gasteiger partial charge on any atom is -0.494 e. The molecule has 17 nitrogen and oxygen atoms in total. The fourth-order valence-electron chi connectivity index (χ4n) is 6.15. The van der Waals surface area contributed by atoms with Crippen LogP contribution in [0.15, 0.2) is 45.8 Å². The first-order chi connectivity index (χ1) is 27.4. The Bertz CT molecular complexity index is 2630. The van der Waals surface area contributed by atoms with E-state index in [0.29, 0.717) is 73.2 Å². The van der Waals surface area contributed by atoms with Crippen molar-refractivity contribution in [3.63, 3.8) is 0 Å². The number of anilines is 1. The molecule has 0 bridgehead atoms. The quantitative estimate of drug-likeness (QED) is 0.0785. The van der Waals surface area contributed by atoms with E-state index in [9.17, 15) is 24.3 Å². The third-order valence-electron chi connectivity index (χ3n) is 8.74. The highest BCUT2D eigenvalue weighted by Gasteiger charge is 2.24. The molecule has 2 aromatic carbocycles. The number of aliphatic hydroxyl groups excluding tert-OH is 1. The Morgan fingerprint density at radius 3 is 2.26 bits per heavy atom. The van der Waals surface area contributed by atoms with Crippen LogP contribution in [-0.4, -0.2) is 73.1 Å². The van der Waals surface area contributed by atoms with Crippen molar-refractivity contribution in [3.8, 4) is 11.5 Å². The molecule has 0 aliphatic heterocycles. The Labute approximate surface area is 333 Å². The number of nitrogens with zero attached hydrogens (tertiary/aromatic N) is 6. The zero-order chi connectivity index (χ0) is 41.0. The number of aromatic nitrogens is 5. The SMILES string of the molecule is CCc1nc(C)oc1C(=O)Nc1nc2cc(C(N)=O)cc(OCCCO)c2n1C/C=C/Cn1c(=NC(=O)c2sc(C)nc2CC)sc2cc(C(N)=O)cc(OC)c21. The summed E-state index contributed by atoms with van der Waals surface area (Å²) in [6.45, 7) is 7.59. The summed E-state index contributed by atoms with van der Waals surface area (Å²) in [5, 5.41) is 13.0. The number of hydrogen-bond donors (Lipinski definition) is 4. The second-order valence-electron chi connectivity index (χ2n) is 12.6. The van der Waals surface area contributed by atoms with E-state index < -0.39 is 23.6 Å². The molecule has 0 fully saturated rings. The normalized spacial score (nSPS) is 11.9. The lowest BCUT2D eigenvalue weighted by Gasteiger charge is -2.12. The maximum absolute atomic E-state index is 13.6. The number of methoxy groups -OCH3 is 1. The van der Waals surface area contributed by atoms with E-state index in [-0.39, 0.29) is 54.9 Å². The second kappa shape index (κ2) is 17.3. The molecule has 298 valence electrons. The van der Waals surface area contributed by atoms with Gasteiger partial charge in [-0.2, -0.15) is 4.99 Å². The number of aliphatic hydroxyl groups is 1. The second-order valence-corrected chi connectivity index (χ2v) is 14.8. The van der Waals surface area contributed by atoms with Gasteiger partial charge in [-0.05, 0) is 44.0 Å². The summed E-state index contributed by atoms with van der Waals surface area (Å²) >= 11 is 2.48. The van der Waals surface area contributed by atoms with Crippen molar-refractivity contribution in [2.75, 3.05) is 25.6 Å². The molecule has 0 aliphatic carbocycles. The topological polar surface area (TPSA) is 245 Å². The number of carbonyl (C=O) groups is 4. The van der Waals surface area contributed by atoms with Crippen molar-refractivity contribution in [1.29, 1.82) is 0 Å². The predicted molar refractivity (Wildman–Crippen MR) is 214 cm³/mol. The number of hydrogen-bond acceptors (Lipinski definition) is 13. The maximum atomic E-state index is 13.6. The number of thiazole rings is 2. The number of primary amides is 2. The Kier molecular flexibility index (Phi) is 12.3. The fourth-order valence-corrected chi connectivity index (χ4v) is 8.13. The van der Waals surface area contributed by atoms with Crippen LogP contribution in [0.1, 0.15) is 83.5 Å². The van der Waals surface area contributed by atoms with Crippen LogP contribution in [0.5, 0.6) is 11.5 Å². The first kappa shape index (κ1) is 40.5. The van der Waals surface area contributed by atoms with Gasteiger partial charge in [-0.25, -0.2) is 15.0 Å². The average Bonchev–Trinajstić information content (AvgIpc) is 3.95. The standard InChI is InChI=1S/C38H41N9O8S2/c1-6-23-31(55-19(3)41-23)35(51)44-37-43-25-15-21(33(39)49)17-27(54-14-10-13-48)29(25)46(37)11-8-9-12-47-30-26(53-5)16-22(34(40)50)18-28(30)57-38(47)45-36(52)32-24(7-2)42-20(4)56-32/h8-9,15-18,48H,6-7,10-14H2,1-5H3,(H2,39,49)(H2,40,50)(H,43,44,51)/b9-8+,45-38?. The highest BCUT2D eigenvalue weighted by Crippen LogP contribution is 2.33. The Hall–Kier alpha value is -6.18. The van der Waals surface area contributed by atoms with Crippen LogP contribution in [0.2, 0.25) is 0 Å². The van der Waals surface area contributed by atoms with Gasteiger partial charge >= 0.3 is 0 Å². The van der Waals surface area contributed by atoms with Crippen molar-refractivity contribution in [2.45, 2.75) is 60.0 Å². The maximum Gasteiger partial charge on any atom is 0.295 e. The number of rotatable bonds is 16. The van der Waals surface area contributed by atoms with Gasteiger partial charge in [0.25, 0.3) is 11.8 Å². The largest absolute Gasteiger partial charge is 0.494 e. The number of oxazole rings is 1. The molecule has 0 spiro atoms. The molecule has 4 aromatic heterocycles. The van der Waals surface area contributed by atoms with Gasteiger partial charge in [0, 0.05) is 44.2 Å². The number of ether oxygens (including phenoxy) is 2. The molecule has 4 amide bonds. The average molecular weight is 816 g/mol. The molecule has 19 heteroatoms. The summed E-state index contributed by atoms with van der Waals surface area (Å²) < 4.78 is 21.5. The number of fused-ring (bicyclic) bond motifs is 2. The molecule has 0 saturated carbocycles. The number of amides is 4. The minimum atomic E-state index is -0.705. The number of nitrogens with two attached hydrogens (primary N) is 2. The lowest BCUT2D eigenvalue weighted by atomic mass is 10.1. The lowest BCUT2D eigenvalue weighted by Crippen LogP contribution is -2.18. The van der Waals surface area contributed by atoms with E-state index in [1.165, 1.54) is 48.0 Å². The number of aryl methyl sites for hydroxylation is 4. The van der Waals surface area contributed by atoms with Crippen molar-refractivity contribution >= 4 is 73.5 Å². The number of allylic oxidation sites excluding steroid dienone is 2. The van der Waals surface area contributed by atoms with E-state index in [1.54, 1.807) is 22.1 Å². The molecule has 4 heterocycles. The van der Waals surface area contributed by atoms with Crippen LogP contribution in [0.25, 0.3) is 21.3 Å². The van der Waals surface area contributed by atoms with Crippen molar-refractivity contribution < 1.29 is 38.2 Å².